The van der Waals surface area contributed by atoms with E-state index in [0.29, 0.717) is 0 Å². The Labute approximate surface area is 97.7 Å². The summed E-state index contributed by atoms with van der Waals surface area (Å²) in [5, 5.41) is 1.23. The fourth-order valence-corrected chi connectivity index (χ4v) is 1.88. The van der Waals surface area contributed by atoms with Crippen molar-refractivity contribution in [1.29, 1.82) is 0 Å². The summed E-state index contributed by atoms with van der Waals surface area (Å²) >= 11 is 2.40. The number of aryl methyl sites for hydroxylation is 1. The van der Waals surface area contributed by atoms with Gasteiger partial charge in [-0.05, 0) is 29.4 Å². The first-order valence-electron chi connectivity index (χ1n) is 4.81. The number of hydrogen-bond donors (Lipinski definition) is 0. The van der Waals surface area contributed by atoms with Crippen LogP contribution in [0.4, 0.5) is 0 Å². The zero-order chi connectivity index (χ0) is 9.80. The minimum absolute atomic E-state index is 1.09. The molecule has 1 nitrogen and oxygen atoms in total. The van der Waals surface area contributed by atoms with Crippen LogP contribution in [0.15, 0.2) is 36.4 Å². The SMILES string of the molecule is ICCCc1ccc2ccccc2n1. The summed E-state index contributed by atoms with van der Waals surface area (Å²) in [6.07, 6.45) is 2.31. The van der Waals surface area contributed by atoms with Crippen LogP contribution in [0.2, 0.25) is 0 Å². The van der Waals surface area contributed by atoms with Crippen LogP contribution in [0.1, 0.15) is 12.1 Å². The lowest BCUT2D eigenvalue weighted by Crippen LogP contribution is -1.90. The van der Waals surface area contributed by atoms with Crippen molar-refractivity contribution >= 4 is 33.5 Å². The van der Waals surface area contributed by atoms with Gasteiger partial charge in [-0.25, -0.2) is 0 Å². The highest BCUT2D eigenvalue weighted by Crippen LogP contribution is 2.12. The molecule has 0 atom stereocenters. The summed E-state index contributed by atoms with van der Waals surface area (Å²) in [6.45, 7) is 0. The average Bonchev–Trinajstić information content (AvgIpc) is 2.26. The van der Waals surface area contributed by atoms with Gasteiger partial charge in [-0.2, -0.15) is 0 Å². The van der Waals surface area contributed by atoms with E-state index >= 15 is 0 Å². The summed E-state index contributed by atoms with van der Waals surface area (Å²) in [5.41, 5.74) is 2.32. The topological polar surface area (TPSA) is 12.9 Å². The number of hydrogen-bond acceptors (Lipinski definition) is 1. The van der Waals surface area contributed by atoms with E-state index in [-0.39, 0.29) is 0 Å². The highest BCUT2D eigenvalue weighted by molar-refractivity contribution is 14.1. The number of rotatable bonds is 3. The summed E-state index contributed by atoms with van der Waals surface area (Å²) < 4.78 is 1.20. The Bertz CT molecular complexity index is 425. The molecule has 0 amide bonds. The molecule has 2 aromatic rings. The van der Waals surface area contributed by atoms with Crippen LogP contribution in [0.5, 0.6) is 0 Å². The number of halogens is 1. The molecule has 0 unspecified atom stereocenters. The first-order valence-corrected chi connectivity index (χ1v) is 6.33. The smallest absolute Gasteiger partial charge is 0.0705 e. The molecule has 0 saturated carbocycles. The number of alkyl halides is 1. The van der Waals surface area contributed by atoms with Crippen molar-refractivity contribution in [1.82, 2.24) is 4.98 Å². The number of para-hydroxylation sites is 1. The van der Waals surface area contributed by atoms with Gasteiger partial charge in [-0.1, -0.05) is 46.9 Å². The Kier molecular flexibility index (Phi) is 3.35. The van der Waals surface area contributed by atoms with Crippen molar-refractivity contribution in [2.24, 2.45) is 0 Å². The second-order valence-corrected chi connectivity index (χ2v) is 4.37. The molecule has 0 radical (unpaired) electrons. The third-order valence-corrected chi connectivity index (χ3v) is 2.99. The highest BCUT2D eigenvalue weighted by atomic mass is 127. The molecule has 1 aromatic heterocycles. The molecule has 0 aliphatic carbocycles. The minimum atomic E-state index is 1.09. The second kappa shape index (κ2) is 4.73. The minimum Gasteiger partial charge on any atom is -0.253 e. The van der Waals surface area contributed by atoms with Crippen LogP contribution in [-0.2, 0) is 6.42 Å². The van der Waals surface area contributed by atoms with Gasteiger partial charge < -0.3 is 0 Å². The molecule has 14 heavy (non-hydrogen) atoms. The van der Waals surface area contributed by atoms with Gasteiger partial charge in [0.25, 0.3) is 0 Å². The van der Waals surface area contributed by atoms with Crippen LogP contribution in [0, 0.1) is 0 Å². The Hall–Kier alpha value is -0.640. The number of aromatic nitrogens is 1. The molecule has 1 heterocycles. The van der Waals surface area contributed by atoms with Gasteiger partial charge in [-0.3, -0.25) is 4.98 Å². The molecule has 2 heteroatoms. The summed E-state index contributed by atoms with van der Waals surface area (Å²) in [6, 6.07) is 12.6. The fourth-order valence-electron chi connectivity index (χ4n) is 1.50. The van der Waals surface area contributed by atoms with Crippen LogP contribution in [0.25, 0.3) is 10.9 Å². The lowest BCUT2D eigenvalue weighted by molar-refractivity contribution is 0.910. The van der Waals surface area contributed by atoms with Gasteiger partial charge in [0.1, 0.15) is 0 Å². The van der Waals surface area contributed by atoms with Gasteiger partial charge in [0.05, 0.1) is 5.52 Å². The molecule has 0 saturated heterocycles. The largest absolute Gasteiger partial charge is 0.253 e. The van der Waals surface area contributed by atoms with Crippen LogP contribution < -0.4 is 0 Å². The lowest BCUT2D eigenvalue weighted by Gasteiger charge is -2.01. The Morgan fingerprint density at radius 3 is 2.79 bits per heavy atom. The van der Waals surface area contributed by atoms with E-state index in [0.717, 1.165) is 11.9 Å². The van der Waals surface area contributed by atoms with E-state index in [4.69, 9.17) is 0 Å². The molecular formula is C12H12IN. The standard InChI is InChI=1S/C12H12IN/c13-9-3-5-11-8-7-10-4-1-2-6-12(10)14-11/h1-2,4,6-8H,3,5,9H2. The van der Waals surface area contributed by atoms with Crippen molar-refractivity contribution in [2.75, 3.05) is 4.43 Å². The summed E-state index contributed by atoms with van der Waals surface area (Å²) in [4.78, 5) is 4.61. The van der Waals surface area contributed by atoms with Gasteiger partial charge >= 0.3 is 0 Å². The van der Waals surface area contributed by atoms with Crippen molar-refractivity contribution in [3.05, 3.63) is 42.1 Å². The van der Waals surface area contributed by atoms with Crippen molar-refractivity contribution in [3.8, 4) is 0 Å². The third kappa shape index (κ3) is 2.23. The monoisotopic (exact) mass is 297 g/mol. The van der Waals surface area contributed by atoms with Gasteiger partial charge in [0, 0.05) is 11.1 Å². The van der Waals surface area contributed by atoms with Crippen LogP contribution in [0.3, 0.4) is 0 Å². The van der Waals surface area contributed by atoms with E-state index in [2.05, 4.69) is 57.9 Å². The predicted molar refractivity (Wildman–Crippen MR) is 69.0 cm³/mol. The van der Waals surface area contributed by atoms with E-state index in [1.165, 1.54) is 21.9 Å². The number of benzene rings is 1. The maximum Gasteiger partial charge on any atom is 0.0705 e. The van der Waals surface area contributed by atoms with Gasteiger partial charge in [0.2, 0.25) is 0 Å². The van der Waals surface area contributed by atoms with Gasteiger partial charge in [0.15, 0.2) is 0 Å². The second-order valence-electron chi connectivity index (χ2n) is 3.29. The Balaban J connectivity index is 2.32. The molecule has 0 aliphatic rings. The van der Waals surface area contributed by atoms with E-state index in [1.807, 2.05) is 6.07 Å². The van der Waals surface area contributed by atoms with Crippen LogP contribution in [-0.4, -0.2) is 9.41 Å². The number of nitrogens with zero attached hydrogens (tertiary/aromatic N) is 1. The molecule has 2 rings (SSSR count). The lowest BCUT2D eigenvalue weighted by atomic mass is 10.1. The average molecular weight is 297 g/mol. The number of fused-ring (bicyclic) bond motifs is 1. The van der Waals surface area contributed by atoms with E-state index in [1.54, 1.807) is 0 Å². The third-order valence-electron chi connectivity index (χ3n) is 2.22. The quantitative estimate of drug-likeness (QED) is 0.623. The first-order chi connectivity index (χ1) is 6.90. The Morgan fingerprint density at radius 1 is 1.07 bits per heavy atom. The maximum absolute atomic E-state index is 4.61. The zero-order valence-electron chi connectivity index (χ0n) is 7.91. The summed E-state index contributed by atoms with van der Waals surface area (Å²) in [7, 11) is 0. The van der Waals surface area contributed by atoms with Gasteiger partial charge in [-0.15, -0.1) is 0 Å². The predicted octanol–water partition coefficient (Wildman–Crippen LogP) is 3.60. The first kappa shape index (κ1) is 9.90. The molecular weight excluding hydrogens is 285 g/mol. The van der Waals surface area contributed by atoms with Crippen LogP contribution >= 0.6 is 22.6 Å². The molecule has 0 fully saturated rings. The van der Waals surface area contributed by atoms with Crippen molar-refractivity contribution < 1.29 is 0 Å². The summed E-state index contributed by atoms with van der Waals surface area (Å²) in [5.74, 6) is 0. The Morgan fingerprint density at radius 2 is 1.93 bits per heavy atom. The molecule has 1 aromatic carbocycles. The molecule has 0 spiro atoms. The van der Waals surface area contributed by atoms with E-state index in [9.17, 15) is 0 Å². The molecule has 0 N–H and O–H groups in total. The molecule has 0 aliphatic heterocycles. The van der Waals surface area contributed by atoms with Crippen molar-refractivity contribution in [3.63, 3.8) is 0 Å². The molecule has 0 bridgehead atoms. The van der Waals surface area contributed by atoms with E-state index < -0.39 is 0 Å². The molecule has 72 valence electrons. The highest BCUT2D eigenvalue weighted by Gasteiger charge is 1.96. The maximum atomic E-state index is 4.61. The normalized spacial score (nSPS) is 10.6. The zero-order valence-corrected chi connectivity index (χ0v) is 10.1. The number of pyridine rings is 1. The van der Waals surface area contributed by atoms with Crippen molar-refractivity contribution in [2.45, 2.75) is 12.8 Å². The fraction of sp³-hybridized carbons (Fsp3) is 0.250.